The van der Waals surface area contributed by atoms with Gasteiger partial charge in [-0.05, 0) is 109 Å². The number of carboxylic acids is 1. The first-order valence-electron chi connectivity index (χ1n) is 12.4. The molecule has 0 saturated heterocycles. The molecular weight excluding hydrogens is 491 g/mol. The zero-order valence-electron chi connectivity index (χ0n) is 20.1. The molecule has 1 heterocycles. The minimum atomic E-state index is -0.820. The molecule has 4 aromatic rings. The second kappa shape index (κ2) is 10.7. The maximum absolute atomic E-state index is 13.5. The quantitative estimate of drug-likeness (QED) is 0.249. The van der Waals surface area contributed by atoms with E-state index in [1.165, 1.54) is 17.7 Å². The van der Waals surface area contributed by atoms with Gasteiger partial charge in [0, 0.05) is 28.0 Å². The van der Waals surface area contributed by atoms with Crippen molar-refractivity contribution in [2.24, 2.45) is 0 Å². The van der Waals surface area contributed by atoms with Crippen molar-refractivity contribution in [3.8, 4) is 11.3 Å². The Balaban J connectivity index is 1.42. The number of amides is 1. The molecule has 1 aromatic heterocycles. The molecule has 188 valence electrons. The van der Waals surface area contributed by atoms with Gasteiger partial charge in [0.15, 0.2) is 0 Å². The van der Waals surface area contributed by atoms with E-state index in [4.69, 9.17) is 21.7 Å². The van der Waals surface area contributed by atoms with Crippen molar-refractivity contribution in [1.29, 1.82) is 0 Å². The predicted octanol–water partition coefficient (Wildman–Crippen LogP) is 6.91. The van der Waals surface area contributed by atoms with E-state index in [0.717, 1.165) is 46.1 Å². The maximum atomic E-state index is 13.5. The summed E-state index contributed by atoms with van der Waals surface area (Å²) in [5, 5.41) is 13.6. The number of aromatic nitrogens is 1. The van der Waals surface area contributed by atoms with Crippen LogP contribution in [0.1, 0.15) is 58.8 Å². The molecule has 7 heteroatoms. The lowest BCUT2D eigenvalue weighted by Crippen LogP contribution is -2.27. The Morgan fingerprint density at radius 3 is 2.62 bits per heavy atom. The number of aryl methyl sites for hydroxylation is 2. The van der Waals surface area contributed by atoms with Crippen LogP contribution in [0.2, 0.25) is 5.02 Å². The minimum absolute atomic E-state index is 0.0563. The Morgan fingerprint density at radius 1 is 1.03 bits per heavy atom. The van der Waals surface area contributed by atoms with Gasteiger partial charge >= 0.3 is 5.97 Å². The first-order chi connectivity index (χ1) is 17.9. The van der Waals surface area contributed by atoms with Crippen LogP contribution in [0.4, 0.5) is 4.39 Å². The molecule has 0 aliphatic heterocycles. The third-order valence-corrected chi connectivity index (χ3v) is 7.08. The Bertz CT molecular complexity index is 1490. The smallest absolute Gasteiger partial charge is 0.303 e. The average Bonchev–Trinajstić information content (AvgIpc) is 3.27. The largest absolute Gasteiger partial charge is 0.481 e. The van der Waals surface area contributed by atoms with E-state index in [0.29, 0.717) is 29.8 Å². The van der Waals surface area contributed by atoms with Gasteiger partial charge in [0.05, 0.1) is 17.3 Å². The number of benzene rings is 3. The van der Waals surface area contributed by atoms with Gasteiger partial charge in [-0.25, -0.2) is 9.37 Å². The third kappa shape index (κ3) is 5.65. The van der Waals surface area contributed by atoms with E-state index in [1.54, 1.807) is 18.2 Å². The molecule has 0 spiro atoms. The fourth-order valence-electron chi connectivity index (χ4n) is 4.98. The number of halogens is 2. The van der Waals surface area contributed by atoms with Crippen LogP contribution in [0, 0.1) is 5.82 Å². The van der Waals surface area contributed by atoms with Crippen LogP contribution in [-0.2, 0) is 17.6 Å². The first-order valence-corrected chi connectivity index (χ1v) is 12.8. The van der Waals surface area contributed by atoms with Gasteiger partial charge in [-0.2, -0.15) is 0 Å². The van der Waals surface area contributed by atoms with Crippen molar-refractivity contribution >= 4 is 34.4 Å². The molecule has 0 radical (unpaired) electrons. The topological polar surface area (TPSA) is 79.3 Å². The summed E-state index contributed by atoms with van der Waals surface area (Å²) in [6.45, 7) is 0. The molecule has 1 aliphatic carbocycles. The summed E-state index contributed by atoms with van der Waals surface area (Å²) in [4.78, 5) is 28.9. The molecule has 1 aliphatic rings. The molecule has 1 amide bonds. The van der Waals surface area contributed by atoms with Crippen LogP contribution in [0.5, 0.6) is 0 Å². The van der Waals surface area contributed by atoms with Gasteiger partial charge in [-0.15, -0.1) is 0 Å². The van der Waals surface area contributed by atoms with Crippen molar-refractivity contribution in [1.82, 2.24) is 10.3 Å². The highest BCUT2D eigenvalue weighted by molar-refractivity contribution is 6.30. The van der Waals surface area contributed by atoms with Crippen LogP contribution < -0.4 is 5.32 Å². The Labute approximate surface area is 219 Å². The highest BCUT2D eigenvalue weighted by atomic mass is 35.5. The number of pyridine rings is 1. The number of fused-ring (bicyclic) bond motifs is 2. The van der Waals surface area contributed by atoms with Crippen LogP contribution in [0.15, 0.2) is 66.7 Å². The van der Waals surface area contributed by atoms with E-state index < -0.39 is 5.97 Å². The van der Waals surface area contributed by atoms with Crippen molar-refractivity contribution in [3.05, 3.63) is 99.8 Å². The lowest BCUT2D eigenvalue weighted by atomic mass is 9.98. The number of hydrogen-bond donors (Lipinski definition) is 2. The summed E-state index contributed by atoms with van der Waals surface area (Å²) in [6.07, 6.45) is 3.66. The lowest BCUT2D eigenvalue weighted by Gasteiger charge is -2.15. The van der Waals surface area contributed by atoms with Crippen LogP contribution in [0.3, 0.4) is 0 Å². The van der Waals surface area contributed by atoms with Gasteiger partial charge in [0.1, 0.15) is 5.82 Å². The molecule has 0 unspecified atom stereocenters. The molecule has 5 nitrogen and oxygen atoms in total. The highest BCUT2D eigenvalue weighted by Gasteiger charge is 2.24. The number of carboxylic acid groups (broad SMARTS) is 1. The summed E-state index contributed by atoms with van der Waals surface area (Å²) in [6, 6.07) is 19.4. The van der Waals surface area contributed by atoms with Gasteiger partial charge in [0.25, 0.3) is 5.91 Å². The van der Waals surface area contributed by atoms with Crippen molar-refractivity contribution in [3.63, 3.8) is 0 Å². The standard InChI is InChI=1S/C30H26ClFN2O3/c31-23-9-12-25-19(17-23)7-14-27(25)34-30(37)21-8-13-26-22(16-21)15-20(3-1-2-4-28(35)36)29(33-26)18-5-10-24(32)11-6-18/h5-6,8-13,15-17,27H,1-4,7,14H2,(H,34,37)(H,35,36)/t27-/m0/s1. The van der Waals surface area contributed by atoms with E-state index in [9.17, 15) is 14.0 Å². The van der Waals surface area contributed by atoms with Crippen molar-refractivity contribution < 1.29 is 19.1 Å². The molecule has 0 saturated carbocycles. The number of nitrogens with one attached hydrogen (secondary N) is 1. The number of aliphatic carboxylic acids is 1. The fraction of sp³-hybridized carbons (Fsp3) is 0.233. The molecule has 3 aromatic carbocycles. The van der Waals surface area contributed by atoms with Crippen molar-refractivity contribution in [2.75, 3.05) is 0 Å². The Hall–Kier alpha value is -3.77. The van der Waals surface area contributed by atoms with Gasteiger partial charge in [-0.3, -0.25) is 9.59 Å². The molecule has 37 heavy (non-hydrogen) atoms. The van der Waals surface area contributed by atoms with E-state index >= 15 is 0 Å². The molecule has 0 fully saturated rings. The van der Waals surface area contributed by atoms with Gasteiger partial charge in [-0.1, -0.05) is 17.7 Å². The Kier molecular flexibility index (Phi) is 7.19. The fourth-order valence-corrected chi connectivity index (χ4v) is 5.17. The number of carbonyl (C=O) groups excluding carboxylic acids is 1. The van der Waals surface area contributed by atoms with Gasteiger partial charge < -0.3 is 10.4 Å². The number of rotatable bonds is 8. The zero-order chi connectivity index (χ0) is 25.9. The number of hydrogen-bond acceptors (Lipinski definition) is 3. The molecular formula is C30H26ClFN2O3. The minimum Gasteiger partial charge on any atom is -0.481 e. The van der Waals surface area contributed by atoms with Crippen LogP contribution in [0.25, 0.3) is 22.2 Å². The SMILES string of the molecule is O=C(O)CCCCc1cc2cc(C(=O)N[C@H]3CCc4cc(Cl)ccc43)ccc2nc1-c1ccc(F)cc1. The Morgan fingerprint density at radius 2 is 1.84 bits per heavy atom. The van der Waals surface area contributed by atoms with Gasteiger partial charge in [0.2, 0.25) is 0 Å². The van der Waals surface area contributed by atoms with E-state index in [1.807, 2.05) is 36.4 Å². The summed E-state index contributed by atoms with van der Waals surface area (Å²) in [7, 11) is 0. The summed E-state index contributed by atoms with van der Waals surface area (Å²) in [5.41, 5.74) is 6.01. The van der Waals surface area contributed by atoms with Crippen molar-refractivity contribution in [2.45, 2.75) is 44.6 Å². The number of carbonyl (C=O) groups is 2. The van der Waals surface area contributed by atoms with E-state index in [2.05, 4.69) is 5.32 Å². The number of unbranched alkanes of at least 4 members (excludes halogenated alkanes) is 1. The number of nitrogens with zero attached hydrogens (tertiary/aromatic N) is 1. The first kappa shape index (κ1) is 24.9. The molecule has 2 N–H and O–H groups in total. The second-order valence-electron chi connectivity index (χ2n) is 9.42. The summed E-state index contributed by atoms with van der Waals surface area (Å²) in [5.74, 6) is -1.30. The monoisotopic (exact) mass is 516 g/mol. The highest BCUT2D eigenvalue weighted by Crippen LogP contribution is 2.33. The lowest BCUT2D eigenvalue weighted by molar-refractivity contribution is -0.137. The van der Waals surface area contributed by atoms with Crippen LogP contribution >= 0.6 is 11.6 Å². The summed E-state index contributed by atoms with van der Waals surface area (Å²) >= 11 is 6.12. The second-order valence-corrected chi connectivity index (χ2v) is 9.86. The normalized spacial score (nSPS) is 14.5. The average molecular weight is 517 g/mol. The third-order valence-electron chi connectivity index (χ3n) is 6.85. The van der Waals surface area contributed by atoms with E-state index in [-0.39, 0.29) is 24.2 Å². The predicted molar refractivity (Wildman–Crippen MR) is 142 cm³/mol. The summed E-state index contributed by atoms with van der Waals surface area (Å²) < 4.78 is 13.5. The molecule has 1 atom stereocenters. The van der Waals surface area contributed by atoms with Crippen LogP contribution in [-0.4, -0.2) is 22.0 Å². The molecule has 0 bridgehead atoms. The maximum Gasteiger partial charge on any atom is 0.303 e. The zero-order valence-corrected chi connectivity index (χ0v) is 20.9. The molecule has 5 rings (SSSR count).